The number of aromatic nitrogens is 5. The summed E-state index contributed by atoms with van der Waals surface area (Å²) in [5.41, 5.74) is -0.817. The van der Waals surface area contributed by atoms with Crippen LogP contribution < -0.4 is 11.2 Å². The van der Waals surface area contributed by atoms with Crippen LogP contribution in [0.3, 0.4) is 0 Å². The number of fused-ring (bicyclic) bond motifs is 2. The zero-order valence-electron chi connectivity index (χ0n) is 14.3. The molecule has 2 aliphatic rings. The third-order valence-corrected chi connectivity index (χ3v) is 5.24. The molecule has 1 fully saturated rings. The standard InChI is InChI=1S/C17H16N6O4/c24-14(11-7-18-12-3-1-2-5-22(12)15(11)25)21-6-4-17(9-21)10-23-13(8-27-17)19-20-16(23)26/h1-3,5,7H,4,6,8-10H2,(H,20,26). The molecule has 10 heteroatoms. The first-order valence-corrected chi connectivity index (χ1v) is 8.60. The van der Waals surface area contributed by atoms with Gasteiger partial charge in [-0.25, -0.2) is 14.9 Å². The van der Waals surface area contributed by atoms with E-state index in [1.807, 2.05) is 0 Å². The van der Waals surface area contributed by atoms with Crippen molar-refractivity contribution >= 4 is 11.6 Å². The molecule has 1 saturated heterocycles. The largest absolute Gasteiger partial charge is 0.363 e. The van der Waals surface area contributed by atoms with Gasteiger partial charge in [0.25, 0.3) is 11.5 Å². The summed E-state index contributed by atoms with van der Waals surface area (Å²) in [4.78, 5) is 43.2. The molecule has 3 aromatic rings. The minimum atomic E-state index is -0.642. The Hall–Kier alpha value is -3.27. The lowest BCUT2D eigenvalue weighted by Gasteiger charge is -2.33. The SMILES string of the molecule is O=C(c1cnc2ccccn2c1=O)N1CCC2(C1)Cn1c(n[nH]c1=O)CO2. The van der Waals surface area contributed by atoms with Crippen LogP contribution in [0.15, 0.2) is 40.2 Å². The van der Waals surface area contributed by atoms with Gasteiger partial charge in [0.1, 0.15) is 23.4 Å². The van der Waals surface area contributed by atoms with E-state index < -0.39 is 11.2 Å². The van der Waals surface area contributed by atoms with E-state index in [2.05, 4.69) is 15.2 Å². The van der Waals surface area contributed by atoms with Gasteiger partial charge in [0.2, 0.25) is 0 Å². The lowest BCUT2D eigenvalue weighted by Crippen LogP contribution is -2.47. The Kier molecular flexibility index (Phi) is 3.31. The maximum atomic E-state index is 12.9. The van der Waals surface area contributed by atoms with Crippen LogP contribution in [0, 0.1) is 0 Å². The van der Waals surface area contributed by atoms with E-state index in [0.717, 1.165) is 0 Å². The summed E-state index contributed by atoms with van der Waals surface area (Å²) in [6, 6.07) is 5.20. The number of ether oxygens (including phenoxy) is 1. The maximum Gasteiger partial charge on any atom is 0.343 e. The van der Waals surface area contributed by atoms with Crippen LogP contribution in [0.2, 0.25) is 0 Å². The molecular weight excluding hydrogens is 352 g/mol. The Morgan fingerprint density at radius 3 is 3.04 bits per heavy atom. The van der Waals surface area contributed by atoms with Gasteiger partial charge in [-0.2, -0.15) is 5.10 Å². The second-order valence-electron chi connectivity index (χ2n) is 6.89. The van der Waals surface area contributed by atoms with Crippen LogP contribution in [0.4, 0.5) is 0 Å². The van der Waals surface area contributed by atoms with E-state index in [-0.39, 0.29) is 23.8 Å². The predicted molar refractivity (Wildman–Crippen MR) is 92.4 cm³/mol. The van der Waals surface area contributed by atoms with Crippen molar-refractivity contribution in [2.45, 2.75) is 25.2 Å². The van der Waals surface area contributed by atoms with Gasteiger partial charge < -0.3 is 9.64 Å². The Balaban J connectivity index is 1.43. The molecule has 5 rings (SSSR count). The summed E-state index contributed by atoms with van der Waals surface area (Å²) in [6.45, 7) is 1.29. The van der Waals surface area contributed by atoms with Crippen LogP contribution in [-0.2, 0) is 17.9 Å². The summed E-state index contributed by atoms with van der Waals surface area (Å²) in [5.74, 6) is 0.170. The number of carbonyl (C=O) groups excluding carboxylic acids is 1. The van der Waals surface area contributed by atoms with Gasteiger partial charge in [-0.05, 0) is 18.6 Å². The Labute approximate surface area is 152 Å². The number of pyridine rings is 1. The number of nitrogens with zero attached hydrogens (tertiary/aromatic N) is 5. The lowest BCUT2D eigenvalue weighted by molar-refractivity contribution is -0.0816. The number of hydrogen-bond acceptors (Lipinski definition) is 6. The lowest BCUT2D eigenvalue weighted by atomic mass is 10.0. The molecule has 3 aromatic heterocycles. The normalized spacial score (nSPS) is 21.7. The summed E-state index contributed by atoms with van der Waals surface area (Å²) < 4.78 is 8.85. The van der Waals surface area contributed by atoms with Crippen molar-refractivity contribution in [2.75, 3.05) is 13.1 Å². The van der Waals surface area contributed by atoms with Gasteiger partial charge in [-0.15, -0.1) is 0 Å². The molecule has 1 spiro atoms. The average Bonchev–Trinajstić information content (AvgIpc) is 3.26. The third-order valence-electron chi connectivity index (χ3n) is 5.24. The molecule has 0 saturated carbocycles. The first-order chi connectivity index (χ1) is 13.1. The molecule has 1 N–H and O–H groups in total. The molecule has 1 unspecified atom stereocenters. The number of rotatable bonds is 1. The predicted octanol–water partition coefficient (Wildman–Crippen LogP) is -0.606. The van der Waals surface area contributed by atoms with Gasteiger partial charge >= 0.3 is 5.69 Å². The number of nitrogens with one attached hydrogen (secondary N) is 1. The third kappa shape index (κ3) is 2.40. The second kappa shape index (κ2) is 5.61. The molecule has 0 radical (unpaired) electrons. The summed E-state index contributed by atoms with van der Waals surface area (Å²) in [5, 5.41) is 6.33. The quantitative estimate of drug-likeness (QED) is 0.613. The smallest absolute Gasteiger partial charge is 0.343 e. The van der Waals surface area contributed by atoms with E-state index in [0.29, 0.717) is 37.5 Å². The summed E-state index contributed by atoms with van der Waals surface area (Å²) >= 11 is 0. The minimum absolute atomic E-state index is 0.0210. The molecule has 27 heavy (non-hydrogen) atoms. The van der Waals surface area contributed by atoms with Gasteiger partial charge in [0, 0.05) is 18.9 Å². The molecule has 1 amide bonds. The zero-order chi connectivity index (χ0) is 18.6. The number of aromatic amines is 1. The van der Waals surface area contributed by atoms with E-state index in [9.17, 15) is 14.4 Å². The van der Waals surface area contributed by atoms with Crippen molar-refractivity contribution in [3.05, 3.63) is 62.8 Å². The molecular formula is C17H16N6O4. The van der Waals surface area contributed by atoms with Crippen molar-refractivity contribution in [3.8, 4) is 0 Å². The molecule has 0 bridgehead atoms. The molecule has 138 valence electrons. The second-order valence-corrected chi connectivity index (χ2v) is 6.89. The minimum Gasteiger partial charge on any atom is -0.363 e. The molecule has 0 aliphatic carbocycles. The van der Waals surface area contributed by atoms with Crippen molar-refractivity contribution in [1.29, 1.82) is 0 Å². The monoisotopic (exact) mass is 368 g/mol. The fraction of sp³-hybridized carbons (Fsp3) is 0.353. The highest BCUT2D eigenvalue weighted by atomic mass is 16.5. The first kappa shape index (κ1) is 15.9. The Morgan fingerprint density at radius 2 is 2.15 bits per heavy atom. The molecule has 1 atom stereocenters. The molecule has 0 aromatic carbocycles. The zero-order valence-corrected chi connectivity index (χ0v) is 14.3. The Morgan fingerprint density at radius 1 is 1.26 bits per heavy atom. The molecule has 2 aliphatic heterocycles. The topological polar surface area (TPSA) is 115 Å². The van der Waals surface area contributed by atoms with E-state index in [4.69, 9.17) is 4.74 Å². The molecule has 10 nitrogen and oxygen atoms in total. The van der Waals surface area contributed by atoms with Crippen LogP contribution in [0.25, 0.3) is 5.65 Å². The number of carbonyl (C=O) groups is 1. The van der Waals surface area contributed by atoms with E-state index in [1.165, 1.54) is 10.6 Å². The van der Waals surface area contributed by atoms with Crippen molar-refractivity contribution < 1.29 is 9.53 Å². The van der Waals surface area contributed by atoms with Crippen molar-refractivity contribution in [2.24, 2.45) is 0 Å². The highest BCUT2D eigenvalue weighted by molar-refractivity contribution is 5.94. The fourth-order valence-corrected chi connectivity index (χ4v) is 3.78. The van der Waals surface area contributed by atoms with E-state index in [1.54, 1.807) is 33.9 Å². The highest BCUT2D eigenvalue weighted by Gasteiger charge is 2.45. The summed E-state index contributed by atoms with van der Waals surface area (Å²) in [7, 11) is 0. The van der Waals surface area contributed by atoms with Crippen LogP contribution in [-0.4, -0.2) is 53.6 Å². The van der Waals surface area contributed by atoms with Crippen LogP contribution in [0.1, 0.15) is 22.6 Å². The maximum absolute atomic E-state index is 12.9. The number of amides is 1. The van der Waals surface area contributed by atoms with Gasteiger partial charge in [0.05, 0.1) is 13.1 Å². The van der Waals surface area contributed by atoms with E-state index >= 15 is 0 Å². The van der Waals surface area contributed by atoms with Crippen LogP contribution >= 0.6 is 0 Å². The van der Waals surface area contributed by atoms with Gasteiger partial charge in [-0.1, -0.05) is 6.07 Å². The number of H-pyrrole nitrogens is 1. The fourth-order valence-electron chi connectivity index (χ4n) is 3.78. The average molecular weight is 368 g/mol. The summed E-state index contributed by atoms with van der Waals surface area (Å²) in [6.07, 6.45) is 3.49. The molecule has 5 heterocycles. The van der Waals surface area contributed by atoms with Gasteiger partial charge in [0.15, 0.2) is 5.82 Å². The highest BCUT2D eigenvalue weighted by Crippen LogP contribution is 2.31. The van der Waals surface area contributed by atoms with Gasteiger partial charge in [-0.3, -0.25) is 18.6 Å². The number of hydrogen-bond donors (Lipinski definition) is 1. The Bertz CT molecular complexity index is 1180. The van der Waals surface area contributed by atoms with Crippen LogP contribution in [0.5, 0.6) is 0 Å². The number of likely N-dealkylation sites (tertiary alicyclic amines) is 1. The first-order valence-electron chi connectivity index (χ1n) is 8.60. The van der Waals surface area contributed by atoms with Crippen molar-refractivity contribution in [1.82, 2.24) is 29.0 Å². The van der Waals surface area contributed by atoms with Crippen molar-refractivity contribution in [3.63, 3.8) is 0 Å².